The molecule has 0 aliphatic carbocycles. The van der Waals surface area contributed by atoms with E-state index < -0.39 is 0 Å². The number of hydrogen-bond acceptors (Lipinski definition) is 6. The minimum atomic E-state index is -0.357. The van der Waals surface area contributed by atoms with Gasteiger partial charge in [-0.05, 0) is 37.1 Å². The van der Waals surface area contributed by atoms with E-state index in [0.29, 0.717) is 30.0 Å². The quantitative estimate of drug-likeness (QED) is 0.534. The molecule has 0 aliphatic heterocycles. The van der Waals surface area contributed by atoms with Crippen molar-refractivity contribution in [1.29, 1.82) is 0 Å². The maximum atomic E-state index is 12.3. The lowest BCUT2D eigenvalue weighted by molar-refractivity contribution is -0.120. The number of carbonyl (C=O) groups is 2. The third-order valence-corrected chi connectivity index (χ3v) is 5.43. The van der Waals surface area contributed by atoms with E-state index in [1.807, 2.05) is 36.6 Å². The van der Waals surface area contributed by atoms with Gasteiger partial charge in [0.25, 0.3) is 5.91 Å². The van der Waals surface area contributed by atoms with Crippen molar-refractivity contribution in [2.75, 3.05) is 27.3 Å². The Morgan fingerprint density at radius 3 is 2.39 bits per heavy atom. The molecule has 0 saturated carbocycles. The Hall–Kier alpha value is -3.39. The molecule has 8 heteroatoms. The van der Waals surface area contributed by atoms with Crippen molar-refractivity contribution < 1.29 is 19.1 Å². The minimum absolute atomic E-state index is 0.102. The number of ether oxygens (including phenoxy) is 2. The van der Waals surface area contributed by atoms with Crippen molar-refractivity contribution in [2.24, 2.45) is 0 Å². The van der Waals surface area contributed by atoms with Crippen LogP contribution in [0.3, 0.4) is 0 Å². The fourth-order valence-corrected chi connectivity index (χ4v) is 3.61. The van der Waals surface area contributed by atoms with Crippen LogP contribution in [-0.2, 0) is 11.2 Å². The normalized spacial score (nSPS) is 10.4. The Kier molecular flexibility index (Phi) is 7.61. The Morgan fingerprint density at radius 2 is 1.74 bits per heavy atom. The van der Waals surface area contributed by atoms with Crippen molar-refractivity contribution >= 4 is 23.2 Å². The summed E-state index contributed by atoms with van der Waals surface area (Å²) in [7, 11) is 3.03. The van der Waals surface area contributed by atoms with Gasteiger partial charge in [0.1, 0.15) is 0 Å². The number of amides is 2. The van der Waals surface area contributed by atoms with Crippen LogP contribution in [0.1, 0.15) is 20.9 Å². The largest absolute Gasteiger partial charge is 0.493 e. The molecule has 3 rings (SSSR count). The molecule has 0 fully saturated rings. The second-order valence-electron chi connectivity index (χ2n) is 6.80. The molecule has 3 aromatic rings. The maximum absolute atomic E-state index is 12.3. The van der Waals surface area contributed by atoms with Crippen LogP contribution in [0.15, 0.2) is 47.8 Å². The molecule has 2 N–H and O–H groups in total. The average Bonchev–Trinajstić information content (AvgIpc) is 3.23. The summed E-state index contributed by atoms with van der Waals surface area (Å²) in [5, 5.41) is 8.51. The van der Waals surface area contributed by atoms with E-state index in [4.69, 9.17) is 9.47 Å². The van der Waals surface area contributed by atoms with Crippen molar-refractivity contribution in [3.8, 4) is 22.8 Å². The van der Waals surface area contributed by atoms with Gasteiger partial charge in [0, 0.05) is 23.1 Å². The maximum Gasteiger partial charge on any atom is 0.251 e. The van der Waals surface area contributed by atoms with Gasteiger partial charge in [0.15, 0.2) is 11.5 Å². The lowest BCUT2D eigenvalue weighted by Crippen LogP contribution is -2.37. The average molecular weight is 440 g/mol. The lowest BCUT2D eigenvalue weighted by atomic mass is 10.1. The number of aryl methyl sites for hydroxylation is 1. The molecule has 31 heavy (non-hydrogen) atoms. The van der Waals surface area contributed by atoms with Crippen molar-refractivity contribution in [3.05, 3.63) is 64.0 Å². The summed E-state index contributed by atoms with van der Waals surface area (Å²) in [6.45, 7) is 2.37. The SMILES string of the molecule is COc1ccc(C(=O)NCC(=O)NCCc2ccc(-c3csc(C)n3)cc2)cc1OC. The molecular formula is C23H25N3O4S. The van der Waals surface area contributed by atoms with Gasteiger partial charge < -0.3 is 20.1 Å². The number of nitrogens with one attached hydrogen (secondary N) is 2. The monoisotopic (exact) mass is 439 g/mol. The van der Waals surface area contributed by atoms with Crippen molar-refractivity contribution in [1.82, 2.24) is 15.6 Å². The van der Waals surface area contributed by atoms with Crippen LogP contribution in [0.25, 0.3) is 11.3 Å². The highest BCUT2D eigenvalue weighted by atomic mass is 32.1. The summed E-state index contributed by atoms with van der Waals surface area (Å²) in [4.78, 5) is 28.8. The fourth-order valence-electron chi connectivity index (χ4n) is 2.99. The standard InChI is InChI=1S/C23H25N3O4S/c1-15-26-19(14-31-15)17-6-4-16(5-7-17)10-11-24-22(27)13-25-23(28)18-8-9-20(29-2)21(12-18)30-3/h4-9,12,14H,10-11,13H2,1-3H3,(H,24,27)(H,25,28). The number of thiazole rings is 1. The van der Waals surface area contributed by atoms with Gasteiger partial charge in [0.05, 0.1) is 31.5 Å². The predicted octanol–water partition coefficient (Wildman–Crippen LogP) is 3.22. The molecule has 0 bridgehead atoms. The number of rotatable bonds is 9. The Labute approximate surface area is 185 Å². The van der Waals surface area contributed by atoms with Crippen LogP contribution in [-0.4, -0.2) is 44.1 Å². The van der Waals surface area contributed by atoms with Gasteiger partial charge >= 0.3 is 0 Å². The molecule has 0 unspecified atom stereocenters. The van der Waals surface area contributed by atoms with Gasteiger partial charge in [0.2, 0.25) is 5.91 Å². The van der Waals surface area contributed by atoms with Gasteiger partial charge in [-0.15, -0.1) is 11.3 Å². The second-order valence-corrected chi connectivity index (χ2v) is 7.86. The van der Waals surface area contributed by atoms with Crippen LogP contribution < -0.4 is 20.1 Å². The van der Waals surface area contributed by atoms with E-state index in [1.165, 1.54) is 14.2 Å². The van der Waals surface area contributed by atoms with Crippen molar-refractivity contribution in [3.63, 3.8) is 0 Å². The summed E-state index contributed by atoms with van der Waals surface area (Å²) in [5.74, 6) is 0.384. The summed E-state index contributed by atoms with van der Waals surface area (Å²) in [5.41, 5.74) is 3.56. The summed E-state index contributed by atoms with van der Waals surface area (Å²) < 4.78 is 10.4. The molecule has 0 radical (unpaired) electrons. The summed E-state index contributed by atoms with van der Waals surface area (Å²) in [6, 6.07) is 13.0. The first-order valence-corrected chi connectivity index (χ1v) is 10.7. The zero-order valence-electron chi connectivity index (χ0n) is 17.7. The summed E-state index contributed by atoms with van der Waals surface area (Å²) >= 11 is 1.63. The van der Waals surface area contributed by atoms with E-state index in [2.05, 4.69) is 15.6 Å². The van der Waals surface area contributed by atoms with E-state index in [0.717, 1.165) is 21.8 Å². The highest BCUT2D eigenvalue weighted by Crippen LogP contribution is 2.27. The van der Waals surface area contributed by atoms with E-state index in [-0.39, 0.29) is 18.4 Å². The highest BCUT2D eigenvalue weighted by molar-refractivity contribution is 7.09. The van der Waals surface area contributed by atoms with Gasteiger partial charge in [-0.25, -0.2) is 4.98 Å². The van der Waals surface area contributed by atoms with Gasteiger partial charge in [-0.2, -0.15) is 0 Å². The topological polar surface area (TPSA) is 89.5 Å². The smallest absolute Gasteiger partial charge is 0.251 e. The van der Waals surface area contributed by atoms with E-state index >= 15 is 0 Å². The predicted molar refractivity (Wildman–Crippen MR) is 121 cm³/mol. The van der Waals surface area contributed by atoms with Crippen LogP contribution in [0.4, 0.5) is 0 Å². The van der Waals surface area contributed by atoms with Crippen LogP contribution in [0.5, 0.6) is 11.5 Å². The Bertz CT molecular complexity index is 1050. The van der Waals surface area contributed by atoms with Gasteiger partial charge in [-0.1, -0.05) is 24.3 Å². The molecular weight excluding hydrogens is 414 g/mol. The summed E-state index contributed by atoms with van der Waals surface area (Å²) in [6.07, 6.45) is 0.700. The molecule has 1 aromatic heterocycles. The molecule has 2 amide bonds. The first-order chi connectivity index (χ1) is 15.0. The van der Waals surface area contributed by atoms with E-state index in [1.54, 1.807) is 29.5 Å². The number of benzene rings is 2. The Morgan fingerprint density at radius 1 is 1.00 bits per heavy atom. The number of carbonyl (C=O) groups excluding carboxylic acids is 2. The number of aromatic nitrogens is 1. The van der Waals surface area contributed by atoms with Crippen LogP contribution >= 0.6 is 11.3 Å². The molecule has 162 valence electrons. The third kappa shape index (κ3) is 6.05. The van der Waals surface area contributed by atoms with E-state index in [9.17, 15) is 9.59 Å². The lowest BCUT2D eigenvalue weighted by Gasteiger charge is -2.10. The van der Waals surface area contributed by atoms with Crippen LogP contribution in [0.2, 0.25) is 0 Å². The third-order valence-electron chi connectivity index (χ3n) is 4.66. The van der Waals surface area contributed by atoms with Crippen LogP contribution in [0, 0.1) is 6.92 Å². The first kappa shape index (κ1) is 22.3. The van der Waals surface area contributed by atoms with Gasteiger partial charge in [-0.3, -0.25) is 9.59 Å². The zero-order valence-corrected chi connectivity index (χ0v) is 18.5. The Balaban J connectivity index is 1.42. The molecule has 2 aromatic carbocycles. The molecule has 0 spiro atoms. The zero-order chi connectivity index (χ0) is 22.2. The fraction of sp³-hybridized carbons (Fsp3) is 0.261. The first-order valence-electron chi connectivity index (χ1n) is 9.78. The number of nitrogens with zero attached hydrogens (tertiary/aromatic N) is 1. The number of methoxy groups -OCH3 is 2. The van der Waals surface area contributed by atoms with Crippen molar-refractivity contribution in [2.45, 2.75) is 13.3 Å². The molecule has 0 atom stereocenters. The molecule has 0 saturated heterocycles. The second kappa shape index (κ2) is 10.6. The number of hydrogen-bond donors (Lipinski definition) is 2. The highest BCUT2D eigenvalue weighted by Gasteiger charge is 2.12. The molecule has 0 aliphatic rings. The molecule has 7 nitrogen and oxygen atoms in total. The minimum Gasteiger partial charge on any atom is -0.493 e. The molecule has 1 heterocycles.